The predicted molar refractivity (Wildman–Crippen MR) is 74.4 cm³/mol. The van der Waals surface area contributed by atoms with E-state index >= 15 is 0 Å². The van der Waals surface area contributed by atoms with Crippen LogP contribution in [0.2, 0.25) is 0 Å². The lowest BCUT2D eigenvalue weighted by Gasteiger charge is -2.07. The average Bonchev–Trinajstić information content (AvgIpc) is 2.33. The molecule has 0 amide bonds. The smallest absolute Gasteiger partial charge is 0.0314 e. The van der Waals surface area contributed by atoms with Gasteiger partial charge < -0.3 is 11.5 Å². The molecule has 0 unspecified atom stereocenters. The van der Waals surface area contributed by atoms with Crippen LogP contribution in [0.5, 0.6) is 0 Å². The summed E-state index contributed by atoms with van der Waals surface area (Å²) in [4.78, 5) is 0. The molecular formula is C15H16N2. The molecule has 4 N–H and O–H groups in total. The lowest BCUT2D eigenvalue weighted by molar-refractivity contribution is 1.29. The maximum absolute atomic E-state index is 5.65. The van der Waals surface area contributed by atoms with Crippen molar-refractivity contribution in [3.05, 3.63) is 66.2 Å². The van der Waals surface area contributed by atoms with Gasteiger partial charge in [-0.1, -0.05) is 30.8 Å². The number of allylic oxidation sites excluding steroid dienone is 1. The minimum absolute atomic E-state index is 0.772. The Balaban J connectivity index is 2.11. The van der Waals surface area contributed by atoms with Gasteiger partial charge in [0.05, 0.1) is 0 Å². The molecule has 0 spiro atoms. The van der Waals surface area contributed by atoms with Gasteiger partial charge in [0.25, 0.3) is 0 Å². The highest BCUT2D eigenvalue weighted by atomic mass is 14.5. The van der Waals surface area contributed by atoms with Crippen LogP contribution in [0.3, 0.4) is 0 Å². The number of anilines is 2. The summed E-state index contributed by atoms with van der Waals surface area (Å²) in [6.45, 7) is 4.10. The minimum Gasteiger partial charge on any atom is -0.399 e. The minimum atomic E-state index is 0.772. The molecule has 86 valence electrons. The Morgan fingerprint density at radius 1 is 0.824 bits per heavy atom. The van der Waals surface area contributed by atoms with Crippen molar-refractivity contribution in [2.75, 3.05) is 11.5 Å². The van der Waals surface area contributed by atoms with Gasteiger partial charge in [0.1, 0.15) is 0 Å². The molecule has 0 saturated carbocycles. The number of hydrogen-bond acceptors (Lipinski definition) is 2. The normalized spacial score (nSPS) is 10.1. The highest BCUT2D eigenvalue weighted by Gasteiger charge is 2.00. The number of nitrogens with two attached hydrogens (primary N) is 2. The Morgan fingerprint density at radius 3 is 1.82 bits per heavy atom. The fraction of sp³-hybridized carbons (Fsp3) is 0.0667. The molecule has 2 aromatic rings. The number of hydrogen-bond donors (Lipinski definition) is 2. The highest BCUT2D eigenvalue weighted by Crippen LogP contribution is 2.19. The molecule has 0 aliphatic rings. The zero-order chi connectivity index (χ0) is 12.3. The third kappa shape index (κ3) is 2.88. The SMILES string of the molecule is C=C(Cc1ccc(N)cc1)c1ccc(N)cc1. The van der Waals surface area contributed by atoms with E-state index in [0.29, 0.717) is 0 Å². The molecular weight excluding hydrogens is 208 g/mol. The van der Waals surface area contributed by atoms with Crippen molar-refractivity contribution in [2.24, 2.45) is 0 Å². The van der Waals surface area contributed by atoms with Crippen molar-refractivity contribution in [2.45, 2.75) is 6.42 Å². The number of benzene rings is 2. The maximum atomic E-state index is 5.65. The predicted octanol–water partition coefficient (Wildman–Crippen LogP) is 3.11. The first-order chi connectivity index (χ1) is 8.15. The van der Waals surface area contributed by atoms with E-state index in [-0.39, 0.29) is 0 Å². The van der Waals surface area contributed by atoms with Crippen molar-refractivity contribution in [3.63, 3.8) is 0 Å². The molecule has 0 aliphatic carbocycles. The third-order valence-electron chi connectivity index (χ3n) is 2.72. The van der Waals surface area contributed by atoms with E-state index < -0.39 is 0 Å². The molecule has 2 heteroatoms. The van der Waals surface area contributed by atoms with Gasteiger partial charge in [0.2, 0.25) is 0 Å². The van der Waals surface area contributed by atoms with Crippen LogP contribution in [0, 0.1) is 0 Å². The summed E-state index contributed by atoms with van der Waals surface area (Å²) in [7, 11) is 0. The van der Waals surface area contributed by atoms with Crippen LogP contribution in [0.4, 0.5) is 11.4 Å². The van der Waals surface area contributed by atoms with Gasteiger partial charge in [-0.25, -0.2) is 0 Å². The van der Waals surface area contributed by atoms with E-state index in [0.717, 1.165) is 28.9 Å². The van der Waals surface area contributed by atoms with Crippen molar-refractivity contribution in [1.29, 1.82) is 0 Å². The molecule has 0 aliphatic heterocycles. The van der Waals surface area contributed by atoms with E-state index in [1.165, 1.54) is 5.56 Å². The summed E-state index contributed by atoms with van der Waals surface area (Å²) in [6.07, 6.45) is 0.824. The van der Waals surface area contributed by atoms with Crippen LogP contribution in [0.15, 0.2) is 55.1 Å². The molecule has 0 aromatic heterocycles. The fourth-order valence-electron chi connectivity index (χ4n) is 1.70. The van der Waals surface area contributed by atoms with E-state index in [9.17, 15) is 0 Å². The second-order valence-corrected chi connectivity index (χ2v) is 4.14. The molecule has 0 fully saturated rings. The Hall–Kier alpha value is -2.22. The van der Waals surface area contributed by atoms with Crippen LogP contribution < -0.4 is 11.5 Å². The van der Waals surface area contributed by atoms with Crippen LogP contribution in [0.1, 0.15) is 11.1 Å². The molecule has 0 bridgehead atoms. The van der Waals surface area contributed by atoms with E-state index in [4.69, 9.17) is 11.5 Å². The summed E-state index contributed by atoms with van der Waals surface area (Å²) in [5.74, 6) is 0. The van der Waals surface area contributed by atoms with Gasteiger partial charge >= 0.3 is 0 Å². The maximum Gasteiger partial charge on any atom is 0.0314 e. The largest absolute Gasteiger partial charge is 0.399 e. The Labute approximate surface area is 102 Å². The topological polar surface area (TPSA) is 52.0 Å². The molecule has 0 saturated heterocycles. The average molecular weight is 224 g/mol. The first-order valence-corrected chi connectivity index (χ1v) is 5.53. The molecule has 17 heavy (non-hydrogen) atoms. The van der Waals surface area contributed by atoms with Crippen LogP contribution in [-0.4, -0.2) is 0 Å². The zero-order valence-electron chi connectivity index (χ0n) is 9.69. The number of nitrogen functional groups attached to an aromatic ring is 2. The van der Waals surface area contributed by atoms with Gasteiger partial charge in [-0.05, 0) is 47.4 Å². The van der Waals surface area contributed by atoms with E-state index in [1.807, 2.05) is 48.5 Å². The summed E-state index contributed by atoms with van der Waals surface area (Å²) in [6, 6.07) is 15.6. The first-order valence-electron chi connectivity index (χ1n) is 5.53. The molecule has 2 aromatic carbocycles. The van der Waals surface area contributed by atoms with Crippen molar-refractivity contribution < 1.29 is 0 Å². The fourth-order valence-corrected chi connectivity index (χ4v) is 1.70. The molecule has 2 rings (SSSR count). The zero-order valence-corrected chi connectivity index (χ0v) is 9.69. The second kappa shape index (κ2) is 4.74. The van der Waals surface area contributed by atoms with Crippen LogP contribution in [-0.2, 0) is 6.42 Å². The Bertz CT molecular complexity index is 510. The van der Waals surface area contributed by atoms with Gasteiger partial charge in [-0.3, -0.25) is 0 Å². The summed E-state index contributed by atoms with van der Waals surface area (Å²) >= 11 is 0. The highest BCUT2D eigenvalue weighted by molar-refractivity contribution is 5.67. The van der Waals surface area contributed by atoms with Crippen LogP contribution in [0.25, 0.3) is 5.57 Å². The first kappa shape index (κ1) is 11.3. The van der Waals surface area contributed by atoms with Gasteiger partial charge in [0.15, 0.2) is 0 Å². The quantitative estimate of drug-likeness (QED) is 0.787. The Morgan fingerprint density at radius 2 is 1.29 bits per heavy atom. The van der Waals surface area contributed by atoms with Crippen molar-refractivity contribution in [3.8, 4) is 0 Å². The van der Waals surface area contributed by atoms with Crippen LogP contribution >= 0.6 is 0 Å². The second-order valence-electron chi connectivity index (χ2n) is 4.14. The lowest BCUT2D eigenvalue weighted by atomic mass is 9.99. The molecule has 2 nitrogen and oxygen atoms in total. The van der Waals surface area contributed by atoms with E-state index in [2.05, 4.69) is 6.58 Å². The summed E-state index contributed by atoms with van der Waals surface area (Å²) in [5, 5.41) is 0. The monoisotopic (exact) mass is 224 g/mol. The van der Waals surface area contributed by atoms with Gasteiger partial charge in [-0.2, -0.15) is 0 Å². The van der Waals surface area contributed by atoms with Gasteiger partial charge in [-0.15, -0.1) is 0 Å². The van der Waals surface area contributed by atoms with Gasteiger partial charge in [0, 0.05) is 11.4 Å². The molecule has 0 atom stereocenters. The third-order valence-corrected chi connectivity index (χ3v) is 2.72. The number of rotatable bonds is 3. The molecule has 0 heterocycles. The van der Waals surface area contributed by atoms with Crippen molar-refractivity contribution >= 4 is 16.9 Å². The standard InChI is InChI=1S/C15H16N2/c1-11(13-4-8-15(17)9-5-13)10-12-2-6-14(16)7-3-12/h2-9H,1,10,16-17H2. The van der Waals surface area contributed by atoms with Crippen molar-refractivity contribution in [1.82, 2.24) is 0 Å². The lowest BCUT2D eigenvalue weighted by Crippen LogP contribution is -1.92. The summed E-state index contributed by atoms with van der Waals surface area (Å²) in [5.41, 5.74) is 16.3. The summed E-state index contributed by atoms with van der Waals surface area (Å²) < 4.78 is 0. The molecule has 0 radical (unpaired) electrons. The Kier molecular flexibility index (Phi) is 3.15. The van der Waals surface area contributed by atoms with E-state index in [1.54, 1.807) is 0 Å².